The molecule has 2 aliphatic rings. The van der Waals surface area contributed by atoms with E-state index < -0.39 is 5.54 Å². The molecule has 1 spiro atoms. The first-order valence-electron chi connectivity index (χ1n) is 4.48. The van der Waals surface area contributed by atoms with Gasteiger partial charge in [0, 0.05) is 6.42 Å². The molecule has 0 saturated carbocycles. The van der Waals surface area contributed by atoms with Gasteiger partial charge in [-0.25, -0.2) is 5.06 Å². The Morgan fingerprint density at radius 1 is 1.43 bits per heavy atom. The summed E-state index contributed by atoms with van der Waals surface area (Å²) in [4.78, 5) is 28.1. The summed E-state index contributed by atoms with van der Waals surface area (Å²) in [5.74, 6) is -0.228. The van der Waals surface area contributed by atoms with Gasteiger partial charge in [-0.15, -0.1) is 0 Å². The summed E-state index contributed by atoms with van der Waals surface area (Å²) in [7, 11) is 1.41. The summed E-state index contributed by atoms with van der Waals surface area (Å²) >= 11 is 0. The van der Waals surface area contributed by atoms with Gasteiger partial charge >= 0.3 is 0 Å². The molecule has 14 heavy (non-hydrogen) atoms. The van der Waals surface area contributed by atoms with Crippen LogP contribution in [0.15, 0.2) is 24.3 Å². The number of hydrogen-bond acceptors (Lipinski definition) is 3. The van der Waals surface area contributed by atoms with Crippen molar-refractivity contribution in [1.29, 1.82) is 0 Å². The lowest BCUT2D eigenvalue weighted by atomic mass is 9.88. The normalized spacial score (nSPS) is 30.8. The van der Waals surface area contributed by atoms with Crippen LogP contribution in [-0.2, 0) is 14.4 Å². The average Bonchev–Trinajstić information content (AvgIpc) is 2.50. The molecule has 0 radical (unpaired) electrons. The Morgan fingerprint density at radius 2 is 2.21 bits per heavy atom. The highest BCUT2D eigenvalue weighted by atomic mass is 16.7. The lowest BCUT2D eigenvalue weighted by Gasteiger charge is -2.32. The second kappa shape index (κ2) is 3.06. The first-order chi connectivity index (χ1) is 6.70. The minimum Gasteiger partial charge on any atom is -0.292 e. The van der Waals surface area contributed by atoms with E-state index in [0.29, 0.717) is 12.8 Å². The van der Waals surface area contributed by atoms with Crippen LogP contribution in [0, 0.1) is 0 Å². The van der Waals surface area contributed by atoms with Crippen molar-refractivity contribution in [3.8, 4) is 0 Å². The molecule has 1 heterocycles. The van der Waals surface area contributed by atoms with Crippen molar-refractivity contribution in [1.82, 2.24) is 5.06 Å². The van der Waals surface area contributed by atoms with Crippen LogP contribution in [0.3, 0.4) is 0 Å². The summed E-state index contributed by atoms with van der Waals surface area (Å²) in [5.41, 5.74) is -0.874. The fourth-order valence-corrected chi connectivity index (χ4v) is 1.95. The fourth-order valence-electron chi connectivity index (χ4n) is 1.95. The van der Waals surface area contributed by atoms with Crippen LogP contribution >= 0.6 is 0 Å². The van der Waals surface area contributed by atoms with E-state index >= 15 is 0 Å². The molecule has 4 heteroatoms. The van der Waals surface area contributed by atoms with Crippen molar-refractivity contribution < 1.29 is 14.4 Å². The molecule has 0 bridgehead atoms. The molecule has 1 aliphatic carbocycles. The SMILES string of the molecule is CON1C(=O)CCC12C=CC=CC2=O. The van der Waals surface area contributed by atoms with Gasteiger partial charge in [-0.1, -0.05) is 12.2 Å². The Kier molecular flexibility index (Phi) is 2.00. The Bertz CT molecular complexity index is 345. The maximum atomic E-state index is 11.7. The maximum absolute atomic E-state index is 11.7. The van der Waals surface area contributed by atoms with E-state index in [1.807, 2.05) is 0 Å². The number of hydrogen-bond donors (Lipinski definition) is 0. The third-order valence-corrected chi connectivity index (χ3v) is 2.65. The van der Waals surface area contributed by atoms with E-state index in [1.54, 1.807) is 18.2 Å². The smallest absolute Gasteiger partial charge is 0.247 e. The minimum absolute atomic E-state index is 0.0901. The highest BCUT2D eigenvalue weighted by molar-refractivity contribution is 6.04. The summed E-state index contributed by atoms with van der Waals surface area (Å²) in [6.07, 6.45) is 7.50. The molecule has 0 aromatic rings. The molecule has 2 rings (SSSR count). The second-order valence-corrected chi connectivity index (χ2v) is 3.38. The molecule has 1 aliphatic heterocycles. The molecule has 1 amide bonds. The lowest BCUT2D eigenvalue weighted by molar-refractivity contribution is -0.189. The number of ketones is 1. The third-order valence-electron chi connectivity index (χ3n) is 2.65. The molecule has 0 N–H and O–H groups in total. The monoisotopic (exact) mass is 193 g/mol. The van der Waals surface area contributed by atoms with E-state index in [9.17, 15) is 9.59 Å². The molecule has 74 valence electrons. The Labute approximate surface area is 81.8 Å². The second-order valence-electron chi connectivity index (χ2n) is 3.38. The molecule has 1 unspecified atom stereocenters. The summed E-state index contributed by atoms with van der Waals surface area (Å²) < 4.78 is 0. The van der Waals surface area contributed by atoms with Gasteiger partial charge in [-0.3, -0.25) is 14.4 Å². The number of carbonyl (C=O) groups excluding carboxylic acids is 2. The number of nitrogens with zero attached hydrogens (tertiary/aromatic N) is 1. The standard InChI is InChI=1S/C10H11NO3/c1-14-11-9(13)5-7-10(11)6-3-2-4-8(10)12/h2-4,6H,5,7H2,1H3. The average molecular weight is 193 g/mol. The summed E-state index contributed by atoms with van der Waals surface area (Å²) in [5, 5.41) is 1.18. The summed E-state index contributed by atoms with van der Waals surface area (Å²) in [6, 6.07) is 0. The van der Waals surface area contributed by atoms with Crippen LogP contribution < -0.4 is 0 Å². The topological polar surface area (TPSA) is 46.6 Å². The molecule has 0 aromatic heterocycles. The molecular formula is C10H11NO3. The van der Waals surface area contributed by atoms with Crippen LogP contribution in [0.1, 0.15) is 12.8 Å². The van der Waals surface area contributed by atoms with Gasteiger partial charge < -0.3 is 0 Å². The van der Waals surface area contributed by atoms with Crippen LogP contribution in [0.25, 0.3) is 0 Å². The highest BCUT2D eigenvalue weighted by Gasteiger charge is 2.49. The zero-order valence-corrected chi connectivity index (χ0v) is 7.90. The first-order valence-corrected chi connectivity index (χ1v) is 4.48. The van der Waals surface area contributed by atoms with Crippen LogP contribution in [0.5, 0.6) is 0 Å². The van der Waals surface area contributed by atoms with E-state index in [4.69, 9.17) is 4.84 Å². The van der Waals surface area contributed by atoms with Gasteiger partial charge in [0.05, 0.1) is 7.11 Å². The van der Waals surface area contributed by atoms with E-state index in [-0.39, 0.29) is 11.7 Å². The van der Waals surface area contributed by atoms with E-state index in [2.05, 4.69) is 0 Å². The predicted molar refractivity (Wildman–Crippen MR) is 49.1 cm³/mol. The number of allylic oxidation sites excluding steroid dienone is 2. The third kappa shape index (κ3) is 1.04. The molecule has 4 nitrogen and oxygen atoms in total. The van der Waals surface area contributed by atoms with Crippen LogP contribution in [-0.4, -0.2) is 29.4 Å². The molecule has 1 saturated heterocycles. The zero-order chi connectivity index (χ0) is 10.2. The molecular weight excluding hydrogens is 182 g/mol. The highest BCUT2D eigenvalue weighted by Crippen LogP contribution is 2.34. The molecule has 1 fully saturated rings. The Hall–Kier alpha value is -1.42. The first kappa shape index (κ1) is 9.15. The van der Waals surface area contributed by atoms with Crippen molar-refractivity contribution >= 4 is 11.7 Å². The van der Waals surface area contributed by atoms with Gasteiger partial charge in [0.1, 0.15) is 0 Å². The van der Waals surface area contributed by atoms with E-state index in [0.717, 1.165) is 0 Å². The van der Waals surface area contributed by atoms with E-state index in [1.165, 1.54) is 18.2 Å². The number of amides is 1. The van der Waals surface area contributed by atoms with Crippen molar-refractivity contribution in [3.05, 3.63) is 24.3 Å². The van der Waals surface area contributed by atoms with Gasteiger partial charge in [0.2, 0.25) is 5.91 Å². The zero-order valence-electron chi connectivity index (χ0n) is 7.90. The van der Waals surface area contributed by atoms with Crippen LogP contribution in [0.4, 0.5) is 0 Å². The minimum atomic E-state index is -0.874. The van der Waals surface area contributed by atoms with Gasteiger partial charge in [0.25, 0.3) is 0 Å². The maximum Gasteiger partial charge on any atom is 0.247 e. The Morgan fingerprint density at radius 3 is 2.86 bits per heavy atom. The lowest BCUT2D eigenvalue weighted by Crippen LogP contribution is -2.49. The van der Waals surface area contributed by atoms with Crippen LogP contribution in [0.2, 0.25) is 0 Å². The van der Waals surface area contributed by atoms with Crippen molar-refractivity contribution in [2.75, 3.05) is 7.11 Å². The quantitative estimate of drug-likeness (QED) is 0.612. The van der Waals surface area contributed by atoms with Gasteiger partial charge in [-0.05, 0) is 18.6 Å². The largest absolute Gasteiger partial charge is 0.292 e. The van der Waals surface area contributed by atoms with Crippen molar-refractivity contribution in [2.24, 2.45) is 0 Å². The molecule has 1 atom stereocenters. The summed E-state index contributed by atoms with van der Waals surface area (Å²) in [6.45, 7) is 0. The van der Waals surface area contributed by atoms with Crippen molar-refractivity contribution in [2.45, 2.75) is 18.4 Å². The van der Waals surface area contributed by atoms with Gasteiger partial charge in [-0.2, -0.15) is 0 Å². The van der Waals surface area contributed by atoms with Gasteiger partial charge in [0.15, 0.2) is 11.3 Å². The number of hydroxylamine groups is 2. The predicted octanol–water partition coefficient (Wildman–Crippen LogP) is 0.604. The fraction of sp³-hybridized carbons (Fsp3) is 0.400. The Balaban J connectivity index is 2.40. The molecule has 0 aromatic carbocycles. The van der Waals surface area contributed by atoms with Crippen molar-refractivity contribution in [3.63, 3.8) is 0 Å². The number of rotatable bonds is 1. The number of carbonyl (C=O) groups is 2.